The third-order valence-electron chi connectivity index (χ3n) is 3.58. The molecule has 0 atom stereocenters. The van der Waals surface area contributed by atoms with Crippen LogP contribution in [0.2, 0.25) is 0 Å². The van der Waals surface area contributed by atoms with Crippen LogP contribution in [0.1, 0.15) is 59.3 Å². The summed E-state index contributed by atoms with van der Waals surface area (Å²) in [5.41, 5.74) is 0. The van der Waals surface area contributed by atoms with Gasteiger partial charge in [0.2, 0.25) is 0 Å². The van der Waals surface area contributed by atoms with Crippen molar-refractivity contribution in [1.29, 1.82) is 0 Å². The Bertz CT molecular complexity index is 463. The zero-order chi connectivity index (χ0) is 20.0. The molecule has 7 nitrogen and oxygen atoms in total. The molecule has 2 N–H and O–H groups in total. The van der Waals surface area contributed by atoms with E-state index in [2.05, 4.69) is 0 Å². The predicted molar refractivity (Wildman–Crippen MR) is 101 cm³/mol. The van der Waals surface area contributed by atoms with Crippen LogP contribution in [0.5, 0.6) is 5.75 Å². The summed E-state index contributed by atoms with van der Waals surface area (Å²) >= 11 is -5.15. The van der Waals surface area contributed by atoms with Gasteiger partial charge in [-0.1, -0.05) is 0 Å². The van der Waals surface area contributed by atoms with Gasteiger partial charge in [-0.15, -0.1) is 0 Å². The van der Waals surface area contributed by atoms with Gasteiger partial charge in [0.1, 0.15) is 0 Å². The van der Waals surface area contributed by atoms with Gasteiger partial charge in [0, 0.05) is 0 Å². The van der Waals surface area contributed by atoms with E-state index in [1.807, 2.05) is 26.8 Å². The second-order valence-electron chi connectivity index (χ2n) is 6.17. The number of hydrogen-bond acceptors (Lipinski definition) is 7. The van der Waals surface area contributed by atoms with Crippen LogP contribution in [-0.4, -0.2) is 36.2 Å². The van der Waals surface area contributed by atoms with Gasteiger partial charge in [0.15, 0.2) is 0 Å². The van der Waals surface area contributed by atoms with Crippen LogP contribution in [-0.2, 0) is 34.4 Å². The summed E-state index contributed by atoms with van der Waals surface area (Å²) in [5, 5.41) is 0. The average molecular weight is 438 g/mol. The summed E-state index contributed by atoms with van der Waals surface area (Å²) in [4.78, 5) is 0. The summed E-state index contributed by atoms with van der Waals surface area (Å²) in [5.74, 6) is 0.320. The Morgan fingerprint density at radius 2 is 1.22 bits per heavy atom. The number of para-hydroxylation sites is 1. The molecule has 0 radical (unpaired) electrons. The molecule has 0 heterocycles. The first kappa shape index (κ1) is 24.7. The van der Waals surface area contributed by atoms with E-state index in [0.717, 1.165) is 38.5 Å². The monoisotopic (exact) mass is 438 g/mol. The molecule has 0 aliphatic rings. The van der Waals surface area contributed by atoms with E-state index in [9.17, 15) is 7.38 Å². The minimum absolute atomic E-state index is 0.320. The number of benzene rings is 1. The zero-order valence-electron chi connectivity index (χ0n) is 16.7. The van der Waals surface area contributed by atoms with Crippen molar-refractivity contribution in [2.75, 3.05) is 19.8 Å². The number of unbranched alkanes of at least 4 members (excludes halogenated alkanes) is 3. The Hall–Kier alpha value is -0.289. The fraction of sp³-hybridized carbons (Fsp3) is 0.667. The van der Waals surface area contributed by atoms with Crippen molar-refractivity contribution < 1.29 is 45.1 Å². The molecule has 1 aromatic rings. The maximum atomic E-state index is 10.5. The summed E-state index contributed by atoms with van der Waals surface area (Å²) in [7, 11) is -3.74. The van der Waals surface area contributed by atoms with E-state index in [1.165, 1.54) is 0 Å². The van der Waals surface area contributed by atoms with E-state index < -0.39 is 27.2 Å². The molecule has 0 saturated carbocycles. The van der Waals surface area contributed by atoms with Crippen molar-refractivity contribution >= 4 is 9.05 Å². The molecule has 9 heteroatoms. The quantitative estimate of drug-likeness (QED) is 0.300. The Balaban J connectivity index is 2.90. The summed E-state index contributed by atoms with van der Waals surface area (Å²) in [6.07, 6.45) is 5.17. The Kier molecular flexibility index (Phi) is 12.7. The van der Waals surface area contributed by atoms with Crippen LogP contribution in [0.25, 0.3) is 0 Å². The molecule has 1 rings (SSSR count). The molecule has 0 amide bonds. The van der Waals surface area contributed by atoms with Crippen molar-refractivity contribution in [1.82, 2.24) is 0 Å². The van der Waals surface area contributed by atoms with Gasteiger partial charge in [-0.2, -0.15) is 0 Å². The van der Waals surface area contributed by atoms with Crippen molar-refractivity contribution in [3.05, 3.63) is 30.3 Å². The SMILES string of the molecule is CCCCO[Si](OCCCC)(OCCCC)[O][Ti]([OH])([OH])[O]c1ccccc1. The van der Waals surface area contributed by atoms with E-state index in [1.54, 1.807) is 24.3 Å². The number of rotatable bonds is 16. The normalized spacial score (nSPS) is 12.3. The molecule has 156 valence electrons. The molecule has 0 saturated heterocycles. The Morgan fingerprint density at radius 1 is 0.778 bits per heavy atom. The molecule has 0 aromatic heterocycles. The second-order valence-corrected chi connectivity index (χ2v) is 11.2. The van der Waals surface area contributed by atoms with Crippen LogP contribution < -0.4 is 3.32 Å². The first-order valence-electron chi connectivity index (χ1n) is 9.77. The van der Waals surface area contributed by atoms with E-state index in [0.29, 0.717) is 25.6 Å². The van der Waals surface area contributed by atoms with Gasteiger partial charge in [0.25, 0.3) is 0 Å². The molecular formula is C18H34O7SiTi. The van der Waals surface area contributed by atoms with Gasteiger partial charge >= 0.3 is 169 Å². The van der Waals surface area contributed by atoms with Crippen molar-refractivity contribution in [3.8, 4) is 5.75 Å². The molecule has 27 heavy (non-hydrogen) atoms. The second kappa shape index (κ2) is 13.8. The van der Waals surface area contributed by atoms with E-state index >= 15 is 0 Å². The topological polar surface area (TPSA) is 86.6 Å². The van der Waals surface area contributed by atoms with Crippen LogP contribution in [0.4, 0.5) is 0 Å². The molecule has 0 fully saturated rings. The molecule has 0 aliphatic carbocycles. The Labute approximate surface area is 169 Å². The third kappa shape index (κ3) is 10.7. The Morgan fingerprint density at radius 3 is 1.63 bits per heavy atom. The van der Waals surface area contributed by atoms with Gasteiger partial charge in [-0.3, -0.25) is 0 Å². The fourth-order valence-corrected chi connectivity index (χ4v) is 7.28. The van der Waals surface area contributed by atoms with Gasteiger partial charge in [0.05, 0.1) is 0 Å². The average Bonchev–Trinajstić information content (AvgIpc) is 2.62. The van der Waals surface area contributed by atoms with Crippen LogP contribution in [0.3, 0.4) is 0 Å². The summed E-state index contributed by atoms with van der Waals surface area (Å²) < 4.78 is 49.5. The van der Waals surface area contributed by atoms with E-state index in [4.69, 9.17) is 19.6 Å². The predicted octanol–water partition coefficient (Wildman–Crippen LogP) is 3.77. The first-order valence-corrected chi connectivity index (χ1v) is 14.1. The molecular weight excluding hydrogens is 404 g/mol. The summed E-state index contributed by atoms with van der Waals surface area (Å²) in [6, 6.07) is 8.56. The minimum atomic E-state index is -5.15. The van der Waals surface area contributed by atoms with Crippen molar-refractivity contribution in [3.63, 3.8) is 0 Å². The van der Waals surface area contributed by atoms with Gasteiger partial charge < -0.3 is 0 Å². The molecule has 0 aliphatic heterocycles. The molecule has 0 spiro atoms. The third-order valence-corrected chi connectivity index (χ3v) is 8.97. The zero-order valence-corrected chi connectivity index (χ0v) is 19.2. The first-order chi connectivity index (χ1) is 13.0. The van der Waals surface area contributed by atoms with E-state index in [-0.39, 0.29) is 0 Å². The molecule has 0 bridgehead atoms. The van der Waals surface area contributed by atoms with Crippen LogP contribution in [0.15, 0.2) is 30.3 Å². The van der Waals surface area contributed by atoms with Crippen LogP contribution >= 0.6 is 0 Å². The van der Waals surface area contributed by atoms with Crippen molar-refractivity contribution in [2.45, 2.75) is 59.3 Å². The number of hydrogen-bond donors (Lipinski definition) is 2. The standard InChI is InChI=1S/C12H27O4Si.C6H6O.2H2O.Ti/c1-4-7-10-14-17(13,15-11-8-5-2)16-12-9-6-3;7-6-4-2-1-3-5-6;;;/h4-12H2,1-3H3;1-5,7H;2*1H2;/q-1;;;;+4/p-3. The van der Waals surface area contributed by atoms with Gasteiger partial charge in [-0.05, 0) is 0 Å². The fourth-order valence-electron chi connectivity index (χ4n) is 2.06. The summed E-state index contributed by atoms with van der Waals surface area (Å²) in [6.45, 7) is 7.23. The maximum absolute atomic E-state index is 10.5. The molecule has 0 unspecified atom stereocenters. The van der Waals surface area contributed by atoms with Crippen molar-refractivity contribution in [2.24, 2.45) is 0 Å². The van der Waals surface area contributed by atoms with Crippen LogP contribution in [0, 0.1) is 0 Å². The molecule has 1 aromatic carbocycles. The van der Waals surface area contributed by atoms with Gasteiger partial charge in [-0.25, -0.2) is 0 Å².